The molecule has 2 aliphatic carbocycles. The van der Waals surface area contributed by atoms with Gasteiger partial charge in [-0.25, -0.2) is 0 Å². The van der Waals surface area contributed by atoms with E-state index in [-0.39, 0.29) is 17.7 Å². The third-order valence-corrected chi connectivity index (χ3v) is 5.11. The summed E-state index contributed by atoms with van der Waals surface area (Å²) in [5, 5.41) is 12.3. The zero-order valence-corrected chi connectivity index (χ0v) is 12.5. The lowest BCUT2D eigenvalue weighted by molar-refractivity contribution is -0.146. The summed E-state index contributed by atoms with van der Waals surface area (Å²) in [5.41, 5.74) is 0.725. The van der Waals surface area contributed by atoms with Crippen LogP contribution in [0.1, 0.15) is 6.42 Å². The molecule has 2 aliphatic rings. The fourth-order valence-electron chi connectivity index (χ4n) is 3.44. The summed E-state index contributed by atoms with van der Waals surface area (Å²) >= 11 is 1.60. The van der Waals surface area contributed by atoms with Gasteiger partial charge in [-0.3, -0.25) is 9.59 Å². The summed E-state index contributed by atoms with van der Waals surface area (Å²) in [7, 11) is 0. The van der Waals surface area contributed by atoms with Crippen molar-refractivity contribution in [2.45, 2.75) is 11.3 Å². The average Bonchev–Trinajstić information content (AvgIpc) is 3.07. The highest BCUT2D eigenvalue weighted by molar-refractivity contribution is 7.98. The zero-order valence-electron chi connectivity index (χ0n) is 11.7. The number of carbonyl (C=O) groups excluding carboxylic acids is 1. The number of carboxylic acid groups (broad SMARTS) is 1. The first-order valence-electron chi connectivity index (χ1n) is 6.96. The Hall–Kier alpha value is -1.75. The highest BCUT2D eigenvalue weighted by Crippen LogP contribution is 2.48. The molecule has 21 heavy (non-hydrogen) atoms. The highest BCUT2D eigenvalue weighted by Gasteiger charge is 2.51. The van der Waals surface area contributed by atoms with Crippen molar-refractivity contribution in [3.63, 3.8) is 0 Å². The van der Waals surface area contributed by atoms with Crippen molar-refractivity contribution < 1.29 is 14.7 Å². The van der Waals surface area contributed by atoms with E-state index in [2.05, 4.69) is 5.32 Å². The van der Waals surface area contributed by atoms with Crippen LogP contribution in [0.2, 0.25) is 0 Å². The molecular weight excluding hydrogens is 286 g/mol. The molecule has 0 radical (unpaired) electrons. The van der Waals surface area contributed by atoms with E-state index in [0.29, 0.717) is 0 Å². The van der Waals surface area contributed by atoms with Crippen molar-refractivity contribution in [1.29, 1.82) is 0 Å². The SMILES string of the molecule is CSc1cccc(NC(=O)[C@@H]2[C@H](C(=O)O)[C@H]3C=C[C@H]2C3)c1. The van der Waals surface area contributed by atoms with E-state index >= 15 is 0 Å². The molecule has 2 N–H and O–H groups in total. The first-order valence-corrected chi connectivity index (χ1v) is 8.18. The van der Waals surface area contributed by atoms with Crippen molar-refractivity contribution >= 4 is 29.3 Å². The van der Waals surface area contributed by atoms with E-state index in [9.17, 15) is 14.7 Å². The number of nitrogens with one attached hydrogen (secondary N) is 1. The molecule has 1 saturated carbocycles. The van der Waals surface area contributed by atoms with Crippen molar-refractivity contribution in [2.75, 3.05) is 11.6 Å². The molecule has 4 nitrogen and oxygen atoms in total. The first-order chi connectivity index (χ1) is 10.1. The topological polar surface area (TPSA) is 66.4 Å². The minimum Gasteiger partial charge on any atom is -0.481 e. The molecule has 0 heterocycles. The van der Waals surface area contributed by atoms with Gasteiger partial charge < -0.3 is 10.4 Å². The number of thioether (sulfide) groups is 1. The second kappa shape index (κ2) is 5.56. The Bertz CT molecular complexity index is 613. The van der Waals surface area contributed by atoms with Crippen molar-refractivity contribution in [2.24, 2.45) is 23.7 Å². The van der Waals surface area contributed by atoms with Gasteiger partial charge in [0, 0.05) is 10.6 Å². The Morgan fingerprint density at radius 2 is 1.95 bits per heavy atom. The lowest BCUT2D eigenvalue weighted by atomic mass is 9.82. The number of amides is 1. The number of anilines is 1. The van der Waals surface area contributed by atoms with Crippen LogP contribution in [-0.4, -0.2) is 23.2 Å². The lowest BCUT2D eigenvalue weighted by Crippen LogP contribution is -2.36. The third kappa shape index (κ3) is 2.58. The maximum absolute atomic E-state index is 12.5. The van der Waals surface area contributed by atoms with Crippen LogP contribution in [0.4, 0.5) is 5.69 Å². The molecule has 4 atom stereocenters. The summed E-state index contributed by atoms with van der Waals surface area (Å²) in [4.78, 5) is 25.0. The van der Waals surface area contributed by atoms with Crippen LogP contribution >= 0.6 is 11.8 Å². The monoisotopic (exact) mass is 303 g/mol. The zero-order chi connectivity index (χ0) is 15.0. The van der Waals surface area contributed by atoms with Crippen molar-refractivity contribution in [3.8, 4) is 0 Å². The fraction of sp³-hybridized carbons (Fsp3) is 0.375. The van der Waals surface area contributed by atoms with E-state index in [1.54, 1.807) is 11.8 Å². The van der Waals surface area contributed by atoms with E-state index in [1.165, 1.54) is 0 Å². The Kier molecular flexibility index (Phi) is 3.76. The van der Waals surface area contributed by atoms with E-state index in [1.807, 2.05) is 42.7 Å². The van der Waals surface area contributed by atoms with Crippen molar-refractivity contribution in [3.05, 3.63) is 36.4 Å². The quantitative estimate of drug-likeness (QED) is 0.663. The molecule has 1 fully saturated rings. The van der Waals surface area contributed by atoms with E-state index in [0.717, 1.165) is 17.0 Å². The maximum Gasteiger partial charge on any atom is 0.307 e. The number of rotatable bonds is 4. The summed E-state index contributed by atoms with van der Waals surface area (Å²) in [6.07, 6.45) is 6.69. The van der Waals surface area contributed by atoms with Gasteiger partial charge in [0.25, 0.3) is 0 Å². The van der Waals surface area contributed by atoms with Crippen LogP contribution in [0, 0.1) is 23.7 Å². The Balaban J connectivity index is 1.78. The number of allylic oxidation sites excluding steroid dienone is 2. The largest absolute Gasteiger partial charge is 0.481 e. The molecule has 2 bridgehead atoms. The van der Waals surface area contributed by atoms with Gasteiger partial charge in [0.05, 0.1) is 11.8 Å². The van der Waals surface area contributed by atoms with Gasteiger partial charge in [0.1, 0.15) is 0 Å². The summed E-state index contributed by atoms with van der Waals surface area (Å²) in [5.74, 6) is -2.05. The van der Waals surface area contributed by atoms with Crippen molar-refractivity contribution in [1.82, 2.24) is 0 Å². The molecule has 0 spiro atoms. The van der Waals surface area contributed by atoms with E-state index < -0.39 is 17.8 Å². The number of hydrogen-bond donors (Lipinski definition) is 2. The fourth-order valence-corrected chi connectivity index (χ4v) is 3.90. The van der Waals surface area contributed by atoms with Gasteiger partial charge in [0.2, 0.25) is 5.91 Å². The number of carbonyl (C=O) groups is 2. The molecule has 0 unspecified atom stereocenters. The number of benzene rings is 1. The molecule has 110 valence electrons. The van der Waals surface area contributed by atoms with Gasteiger partial charge in [-0.15, -0.1) is 11.8 Å². The van der Waals surface area contributed by atoms with Gasteiger partial charge in [-0.05, 0) is 42.7 Å². The second-order valence-electron chi connectivity index (χ2n) is 5.56. The standard InChI is InChI=1S/C16H17NO3S/c1-21-12-4-2-3-11(8-12)17-15(18)13-9-5-6-10(7-9)14(13)16(19)20/h2-6,8-10,13-14H,7H2,1H3,(H,17,18)(H,19,20)/t9-,10-,13-,14+/m0/s1. The molecular formula is C16H17NO3S. The van der Waals surface area contributed by atoms with E-state index in [4.69, 9.17) is 0 Å². The number of aliphatic carboxylic acids is 1. The molecule has 3 rings (SSSR count). The third-order valence-electron chi connectivity index (χ3n) is 4.38. The molecule has 1 amide bonds. The lowest BCUT2D eigenvalue weighted by Gasteiger charge is -2.23. The summed E-state index contributed by atoms with van der Waals surface area (Å²) < 4.78 is 0. The van der Waals surface area contributed by atoms with Crippen LogP contribution in [0.5, 0.6) is 0 Å². The maximum atomic E-state index is 12.5. The number of fused-ring (bicyclic) bond motifs is 2. The Labute approximate surface area is 127 Å². The van der Waals surface area contributed by atoms with Gasteiger partial charge in [0.15, 0.2) is 0 Å². The molecule has 0 aromatic heterocycles. The summed E-state index contributed by atoms with van der Waals surface area (Å²) in [6, 6.07) is 7.59. The highest BCUT2D eigenvalue weighted by atomic mass is 32.2. The van der Waals surface area contributed by atoms with Gasteiger partial charge in [-0.2, -0.15) is 0 Å². The summed E-state index contributed by atoms with van der Waals surface area (Å²) in [6.45, 7) is 0. The molecule has 1 aromatic rings. The molecule has 5 heteroatoms. The van der Waals surface area contributed by atoms with Crippen LogP contribution in [0.25, 0.3) is 0 Å². The van der Waals surface area contributed by atoms with Gasteiger partial charge in [-0.1, -0.05) is 18.2 Å². The minimum atomic E-state index is -0.870. The normalized spacial score (nSPS) is 29.6. The van der Waals surface area contributed by atoms with Crippen LogP contribution < -0.4 is 5.32 Å². The molecule has 0 aliphatic heterocycles. The number of hydrogen-bond acceptors (Lipinski definition) is 3. The Morgan fingerprint density at radius 3 is 2.62 bits per heavy atom. The van der Waals surface area contributed by atoms with Crippen LogP contribution in [0.3, 0.4) is 0 Å². The van der Waals surface area contributed by atoms with Gasteiger partial charge >= 0.3 is 5.97 Å². The predicted molar refractivity (Wildman–Crippen MR) is 82.2 cm³/mol. The first kappa shape index (κ1) is 14.2. The van der Waals surface area contributed by atoms with Crippen LogP contribution in [0.15, 0.2) is 41.3 Å². The molecule has 1 aromatic carbocycles. The van der Waals surface area contributed by atoms with Crippen LogP contribution in [-0.2, 0) is 9.59 Å². The number of carboxylic acids is 1. The predicted octanol–water partition coefficient (Wildman–Crippen LogP) is 2.87. The second-order valence-corrected chi connectivity index (χ2v) is 6.44. The molecule has 0 saturated heterocycles. The average molecular weight is 303 g/mol. The minimum absolute atomic E-state index is 0.000724. The Morgan fingerprint density at radius 1 is 1.24 bits per heavy atom. The smallest absolute Gasteiger partial charge is 0.307 e.